The summed E-state index contributed by atoms with van der Waals surface area (Å²) in [5.74, 6) is 0.267. The third-order valence-electron chi connectivity index (χ3n) is 1.72. The highest BCUT2D eigenvalue weighted by Crippen LogP contribution is 2.06. The van der Waals surface area contributed by atoms with Crippen LogP contribution in [0.2, 0.25) is 0 Å². The van der Waals surface area contributed by atoms with Gasteiger partial charge >= 0.3 is 0 Å². The van der Waals surface area contributed by atoms with Gasteiger partial charge in [0.1, 0.15) is 11.8 Å². The molecule has 7 nitrogen and oxygen atoms in total. The van der Waals surface area contributed by atoms with Crippen molar-refractivity contribution in [2.24, 2.45) is 10.9 Å². The number of nitrogens with zero attached hydrogens (tertiary/aromatic N) is 3. The van der Waals surface area contributed by atoms with E-state index in [0.29, 0.717) is 12.5 Å². The number of methoxy groups -OCH3 is 1. The molecule has 0 saturated carbocycles. The van der Waals surface area contributed by atoms with Crippen LogP contribution >= 0.6 is 0 Å². The summed E-state index contributed by atoms with van der Waals surface area (Å²) in [4.78, 5) is 7.88. The van der Waals surface area contributed by atoms with Crippen LogP contribution in [0, 0.1) is 0 Å². The zero-order chi connectivity index (χ0) is 12.0. The summed E-state index contributed by atoms with van der Waals surface area (Å²) >= 11 is 0. The predicted molar refractivity (Wildman–Crippen MR) is 56.5 cm³/mol. The van der Waals surface area contributed by atoms with Gasteiger partial charge in [0.15, 0.2) is 5.84 Å². The molecule has 0 bridgehead atoms. The van der Waals surface area contributed by atoms with Gasteiger partial charge < -0.3 is 20.4 Å². The Kier molecular flexibility index (Phi) is 4.46. The fraction of sp³-hybridized carbons (Fsp3) is 0.444. The Morgan fingerprint density at radius 3 is 2.81 bits per heavy atom. The van der Waals surface area contributed by atoms with Crippen molar-refractivity contribution < 1.29 is 14.7 Å². The Morgan fingerprint density at radius 2 is 2.31 bits per heavy atom. The standard InChI is InChI=1S/C9H14N4O3/c1-6(5-15-2)16-8-4-11-7(3-12-8)9(10)13-14/h3-4,6,14H,5H2,1-2H3,(H2,10,13). The van der Waals surface area contributed by atoms with E-state index < -0.39 is 0 Å². The van der Waals surface area contributed by atoms with Crippen LogP contribution in [0.25, 0.3) is 0 Å². The van der Waals surface area contributed by atoms with Crippen molar-refractivity contribution in [2.75, 3.05) is 13.7 Å². The molecule has 1 unspecified atom stereocenters. The zero-order valence-corrected chi connectivity index (χ0v) is 9.12. The highest BCUT2D eigenvalue weighted by Gasteiger charge is 2.06. The number of hydrogen-bond acceptors (Lipinski definition) is 6. The van der Waals surface area contributed by atoms with E-state index in [0.717, 1.165) is 0 Å². The van der Waals surface area contributed by atoms with Crippen LogP contribution in [-0.4, -0.2) is 40.8 Å². The molecule has 0 saturated heterocycles. The number of aromatic nitrogens is 2. The number of nitrogens with two attached hydrogens (primary N) is 1. The first-order valence-electron chi connectivity index (χ1n) is 4.63. The monoisotopic (exact) mass is 226 g/mol. The van der Waals surface area contributed by atoms with Gasteiger partial charge in [-0.25, -0.2) is 9.97 Å². The zero-order valence-electron chi connectivity index (χ0n) is 9.12. The van der Waals surface area contributed by atoms with Gasteiger partial charge in [-0.15, -0.1) is 0 Å². The number of oxime groups is 1. The van der Waals surface area contributed by atoms with Crippen molar-refractivity contribution in [1.29, 1.82) is 0 Å². The fourth-order valence-electron chi connectivity index (χ4n) is 1.04. The number of rotatable bonds is 5. The van der Waals surface area contributed by atoms with E-state index in [9.17, 15) is 0 Å². The third kappa shape index (κ3) is 3.35. The lowest BCUT2D eigenvalue weighted by molar-refractivity contribution is 0.0887. The van der Waals surface area contributed by atoms with Crippen molar-refractivity contribution in [3.63, 3.8) is 0 Å². The van der Waals surface area contributed by atoms with E-state index >= 15 is 0 Å². The SMILES string of the molecule is COCC(C)Oc1cnc(C(N)=NO)cn1. The second-order valence-electron chi connectivity index (χ2n) is 3.11. The maximum Gasteiger partial charge on any atom is 0.232 e. The summed E-state index contributed by atoms with van der Waals surface area (Å²) in [5.41, 5.74) is 5.62. The average molecular weight is 226 g/mol. The summed E-state index contributed by atoms with van der Waals surface area (Å²) in [6.45, 7) is 2.31. The van der Waals surface area contributed by atoms with Gasteiger partial charge in [-0.05, 0) is 6.92 Å². The highest BCUT2D eigenvalue weighted by atomic mass is 16.5. The number of hydrogen-bond donors (Lipinski definition) is 2. The lowest BCUT2D eigenvalue weighted by Crippen LogP contribution is -2.19. The van der Waals surface area contributed by atoms with E-state index in [2.05, 4.69) is 15.1 Å². The first-order chi connectivity index (χ1) is 7.67. The summed E-state index contributed by atoms with van der Waals surface area (Å²) in [5, 5.41) is 11.2. The van der Waals surface area contributed by atoms with Gasteiger partial charge in [-0.1, -0.05) is 5.16 Å². The van der Waals surface area contributed by atoms with E-state index in [4.69, 9.17) is 20.4 Å². The van der Waals surface area contributed by atoms with Crippen LogP contribution in [0.15, 0.2) is 17.5 Å². The molecule has 0 aliphatic carbocycles. The van der Waals surface area contributed by atoms with Gasteiger partial charge in [-0.2, -0.15) is 0 Å². The smallest absolute Gasteiger partial charge is 0.232 e. The van der Waals surface area contributed by atoms with Crippen molar-refractivity contribution in [3.8, 4) is 5.88 Å². The molecule has 1 atom stereocenters. The maximum absolute atomic E-state index is 8.42. The minimum atomic E-state index is -0.117. The van der Waals surface area contributed by atoms with Crippen molar-refractivity contribution in [2.45, 2.75) is 13.0 Å². The molecule has 0 amide bonds. The quantitative estimate of drug-likeness (QED) is 0.316. The molecule has 0 spiro atoms. The molecule has 0 aliphatic rings. The highest BCUT2D eigenvalue weighted by molar-refractivity contribution is 5.94. The average Bonchev–Trinajstić information content (AvgIpc) is 2.29. The van der Waals surface area contributed by atoms with Crippen LogP contribution in [-0.2, 0) is 4.74 Å². The van der Waals surface area contributed by atoms with Crippen LogP contribution in [0.4, 0.5) is 0 Å². The van der Waals surface area contributed by atoms with Gasteiger partial charge in [0, 0.05) is 7.11 Å². The van der Waals surface area contributed by atoms with E-state index in [1.165, 1.54) is 12.4 Å². The molecule has 3 N–H and O–H groups in total. The Balaban J connectivity index is 2.64. The molecule has 88 valence electrons. The lowest BCUT2D eigenvalue weighted by Gasteiger charge is -2.12. The third-order valence-corrected chi connectivity index (χ3v) is 1.72. The van der Waals surface area contributed by atoms with Gasteiger partial charge in [0.25, 0.3) is 0 Å². The molecule has 1 rings (SSSR count). The molecule has 1 aromatic heterocycles. The summed E-state index contributed by atoms with van der Waals surface area (Å²) in [6.07, 6.45) is 2.65. The van der Waals surface area contributed by atoms with E-state index in [1.807, 2.05) is 6.92 Å². The first kappa shape index (κ1) is 12.2. The Labute approximate surface area is 92.9 Å². The second kappa shape index (κ2) is 5.86. The van der Waals surface area contributed by atoms with Crippen molar-refractivity contribution in [3.05, 3.63) is 18.1 Å². The van der Waals surface area contributed by atoms with Gasteiger partial charge in [-0.3, -0.25) is 0 Å². The molecule has 1 aromatic rings. The van der Waals surface area contributed by atoms with E-state index in [-0.39, 0.29) is 17.6 Å². The van der Waals surface area contributed by atoms with Crippen molar-refractivity contribution in [1.82, 2.24) is 9.97 Å². The number of ether oxygens (including phenoxy) is 2. The molecule has 0 aromatic carbocycles. The maximum atomic E-state index is 8.42. The molecule has 16 heavy (non-hydrogen) atoms. The summed E-state index contributed by atoms with van der Waals surface area (Å²) < 4.78 is 10.3. The molecule has 0 fully saturated rings. The van der Waals surface area contributed by atoms with Gasteiger partial charge in [0.2, 0.25) is 5.88 Å². The van der Waals surface area contributed by atoms with Crippen LogP contribution in [0.1, 0.15) is 12.6 Å². The molecule has 0 radical (unpaired) electrons. The molecular weight excluding hydrogens is 212 g/mol. The second-order valence-corrected chi connectivity index (χ2v) is 3.11. The molecular formula is C9H14N4O3. The number of amidine groups is 1. The molecule has 1 heterocycles. The topological polar surface area (TPSA) is 103 Å². The van der Waals surface area contributed by atoms with Crippen LogP contribution in [0.3, 0.4) is 0 Å². The van der Waals surface area contributed by atoms with Crippen molar-refractivity contribution >= 4 is 5.84 Å². The normalized spacial score (nSPS) is 13.5. The van der Waals surface area contributed by atoms with E-state index in [1.54, 1.807) is 7.11 Å². The summed E-state index contributed by atoms with van der Waals surface area (Å²) in [6, 6.07) is 0. The minimum absolute atomic E-state index is 0.0935. The Morgan fingerprint density at radius 1 is 1.56 bits per heavy atom. The molecule has 7 heteroatoms. The van der Waals surface area contributed by atoms with Crippen LogP contribution < -0.4 is 10.5 Å². The predicted octanol–water partition coefficient (Wildman–Crippen LogP) is -0.0152. The van der Waals surface area contributed by atoms with Crippen LogP contribution in [0.5, 0.6) is 5.88 Å². The largest absolute Gasteiger partial charge is 0.471 e. The van der Waals surface area contributed by atoms with Gasteiger partial charge in [0.05, 0.1) is 19.0 Å². The summed E-state index contributed by atoms with van der Waals surface area (Å²) in [7, 11) is 1.59. The minimum Gasteiger partial charge on any atom is -0.471 e. The fourth-order valence-corrected chi connectivity index (χ4v) is 1.04. The Hall–Kier alpha value is -1.89. The first-order valence-corrected chi connectivity index (χ1v) is 4.63. The lowest BCUT2D eigenvalue weighted by atomic mass is 10.4. The molecule has 0 aliphatic heterocycles. The Bertz CT molecular complexity index is 352.